The molecule has 2 fully saturated rings. The van der Waals surface area contributed by atoms with Crippen LogP contribution >= 0.6 is 0 Å². The number of likely N-dealkylation sites (tertiary alicyclic amines) is 1. The molecule has 2 aliphatic heterocycles. The summed E-state index contributed by atoms with van der Waals surface area (Å²) in [7, 11) is -1.12. The van der Waals surface area contributed by atoms with Gasteiger partial charge in [-0.3, -0.25) is 14.4 Å². The molecule has 3 rings (SSSR count). The van der Waals surface area contributed by atoms with Crippen molar-refractivity contribution >= 4 is 15.7 Å². The number of aryl methyl sites for hydroxylation is 1. The highest BCUT2D eigenvalue weighted by Gasteiger charge is 2.34. The predicted octanol–water partition coefficient (Wildman–Crippen LogP) is -0.804. The van der Waals surface area contributed by atoms with E-state index in [0.717, 1.165) is 32.4 Å². The van der Waals surface area contributed by atoms with Gasteiger partial charge in [-0.15, -0.1) is 5.10 Å². The van der Waals surface area contributed by atoms with Crippen LogP contribution in [-0.4, -0.2) is 70.9 Å². The van der Waals surface area contributed by atoms with Gasteiger partial charge in [-0.25, -0.2) is 8.42 Å². The Kier molecular flexibility index (Phi) is 4.18. The van der Waals surface area contributed by atoms with Gasteiger partial charge in [0, 0.05) is 32.2 Å². The van der Waals surface area contributed by atoms with Crippen LogP contribution in [0.4, 0.5) is 0 Å². The summed E-state index contributed by atoms with van der Waals surface area (Å²) in [5.41, 5.74) is 0.326. The Hall–Kier alpha value is -1.48. The first kappa shape index (κ1) is 15.4. The zero-order valence-corrected chi connectivity index (χ0v) is 13.4. The summed E-state index contributed by atoms with van der Waals surface area (Å²) in [6, 6.07) is 0.269. The molecule has 2 aliphatic rings. The monoisotopic (exact) mass is 327 g/mol. The van der Waals surface area contributed by atoms with E-state index in [4.69, 9.17) is 0 Å². The van der Waals surface area contributed by atoms with Crippen LogP contribution in [0.15, 0.2) is 6.20 Å². The molecule has 1 atom stereocenters. The van der Waals surface area contributed by atoms with E-state index in [2.05, 4.69) is 20.5 Å². The van der Waals surface area contributed by atoms with Crippen LogP contribution in [0.3, 0.4) is 0 Å². The molecular formula is C13H21N5O3S. The Morgan fingerprint density at radius 1 is 1.32 bits per heavy atom. The van der Waals surface area contributed by atoms with Gasteiger partial charge in [0.2, 0.25) is 0 Å². The number of hydrogen-bond acceptors (Lipinski definition) is 6. The number of sulfone groups is 1. The number of carbonyl (C=O) groups excluding carboxylic acids is 1. The van der Waals surface area contributed by atoms with Gasteiger partial charge < -0.3 is 5.32 Å². The molecule has 0 saturated carbocycles. The highest BCUT2D eigenvalue weighted by molar-refractivity contribution is 7.91. The van der Waals surface area contributed by atoms with Crippen molar-refractivity contribution in [3.63, 3.8) is 0 Å². The molecule has 22 heavy (non-hydrogen) atoms. The van der Waals surface area contributed by atoms with Gasteiger partial charge in [0.05, 0.1) is 17.7 Å². The number of hydrogen-bond donors (Lipinski definition) is 1. The van der Waals surface area contributed by atoms with E-state index in [1.54, 1.807) is 13.2 Å². The van der Waals surface area contributed by atoms with Gasteiger partial charge >= 0.3 is 0 Å². The summed E-state index contributed by atoms with van der Waals surface area (Å²) in [5, 5.41) is 10.5. The lowest BCUT2D eigenvalue weighted by molar-refractivity contribution is 0.0893. The lowest BCUT2D eigenvalue weighted by atomic mass is 10.0. The van der Waals surface area contributed by atoms with E-state index in [1.807, 2.05) is 0 Å². The van der Waals surface area contributed by atoms with Crippen molar-refractivity contribution in [2.24, 2.45) is 7.05 Å². The first-order valence-electron chi connectivity index (χ1n) is 7.54. The van der Waals surface area contributed by atoms with Crippen LogP contribution in [0.2, 0.25) is 0 Å². The van der Waals surface area contributed by atoms with E-state index in [-0.39, 0.29) is 23.7 Å². The SMILES string of the molecule is Cn1cc(C(=O)NC2CCN([C@H]3CCS(=O)(=O)C3)CC2)nn1. The average molecular weight is 327 g/mol. The smallest absolute Gasteiger partial charge is 0.273 e. The Labute approximate surface area is 129 Å². The molecule has 0 bridgehead atoms. The number of aromatic nitrogens is 3. The number of nitrogens with zero attached hydrogens (tertiary/aromatic N) is 4. The molecule has 1 aromatic heterocycles. The molecule has 2 saturated heterocycles. The molecule has 0 spiro atoms. The molecule has 8 nitrogen and oxygen atoms in total. The van der Waals surface area contributed by atoms with Crippen molar-refractivity contribution in [3.8, 4) is 0 Å². The maximum absolute atomic E-state index is 12.0. The maximum Gasteiger partial charge on any atom is 0.273 e. The van der Waals surface area contributed by atoms with Crippen LogP contribution in [0.25, 0.3) is 0 Å². The van der Waals surface area contributed by atoms with E-state index in [0.29, 0.717) is 11.4 Å². The normalized spacial score (nSPS) is 26.1. The summed E-state index contributed by atoms with van der Waals surface area (Å²) in [6.07, 6.45) is 4.00. The van der Waals surface area contributed by atoms with E-state index >= 15 is 0 Å². The highest BCUT2D eigenvalue weighted by Crippen LogP contribution is 2.21. The van der Waals surface area contributed by atoms with Gasteiger partial charge in [0.1, 0.15) is 0 Å². The molecule has 122 valence electrons. The van der Waals surface area contributed by atoms with E-state index < -0.39 is 9.84 Å². The molecule has 1 aromatic rings. The highest BCUT2D eigenvalue weighted by atomic mass is 32.2. The Bertz CT molecular complexity index is 648. The van der Waals surface area contributed by atoms with Crippen molar-refractivity contribution in [1.82, 2.24) is 25.2 Å². The first-order valence-corrected chi connectivity index (χ1v) is 9.37. The van der Waals surface area contributed by atoms with Crippen molar-refractivity contribution in [3.05, 3.63) is 11.9 Å². The molecule has 0 radical (unpaired) electrons. The fraction of sp³-hybridized carbons (Fsp3) is 0.769. The Morgan fingerprint density at radius 3 is 2.59 bits per heavy atom. The van der Waals surface area contributed by atoms with E-state index in [1.165, 1.54) is 4.68 Å². The minimum Gasteiger partial charge on any atom is -0.348 e. The number of piperidine rings is 1. The minimum atomic E-state index is -2.84. The summed E-state index contributed by atoms with van der Waals surface area (Å²) in [4.78, 5) is 14.3. The molecule has 3 heterocycles. The van der Waals surface area contributed by atoms with Crippen molar-refractivity contribution in [1.29, 1.82) is 0 Å². The second-order valence-electron chi connectivity index (χ2n) is 6.12. The largest absolute Gasteiger partial charge is 0.348 e. The molecule has 1 amide bonds. The third kappa shape index (κ3) is 3.46. The quantitative estimate of drug-likeness (QED) is 0.780. The average Bonchev–Trinajstić information content (AvgIpc) is 3.05. The molecule has 0 aromatic carbocycles. The summed E-state index contributed by atoms with van der Waals surface area (Å²) >= 11 is 0. The summed E-state index contributed by atoms with van der Waals surface area (Å²) in [6.45, 7) is 1.65. The molecule has 0 aliphatic carbocycles. The summed E-state index contributed by atoms with van der Waals surface area (Å²) in [5.74, 6) is 0.389. The fourth-order valence-electron chi connectivity index (χ4n) is 3.18. The van der Waals surface area contributed by atoms with Crippen LogP contribution in [0.5, 0.6) is 0 Å². The van der Waals surface area contributed by atoms with Crippen molar-refractivity contribution < 1.29 is 13.2 Å². The first-order chi connectivity index (χ1) is 10.4. The zero-order chi connectivity index (χ0) is 15.7. The molecular weight excluding hydrogens is 306 g/mol. The second-order valence-corrected chi connectivity index (χ2v) is 8.35. The van der Waals surface area contributed by atoms with Crippen LogP contribution in [0, 0.1) is 0 Å². The van der Waals surface area contributed by atoms with Crippen LogP contribution in [0.1, 0.15) is 29.8 Å². The summed E-state index contributed by atoms with van der Waals surface area (Å²) < 4.78 is 24.6. The second kappa shape index (κ2) is 5.96. The number of amides is 1. The number of carbonyl (C=O) groups is 1. The zero-order valence-electron chi connectivity index (χ0n) is 12.6. The van der Waals surface area contributed by atoms with Crippen molar-refractivity contribution in [2.45, 2.75) is 31.3 Å². The standard InChI is InChI=1S/C13H21N5O3S/c1-17-8-12(15-16-17)13(19)14-10-2-5-18(6-3-10)11-4-7-22(20,21)9-11/h8,10-11H,2-7,9H2,1H3,(H,14,19)/t11-/m0/s1. The minimum absolute atomic E-state index is 0.115. The third-order valence-corrected chi connectivity index (χ3v) is 6.18. The van der Waals surface area contributed by atoms with Gasteiger partial charge in [-0.05, 0) is 19.3 Å². The molecule has 9 heteroatoms. The Morgan fingerprint density at radius 2 is 2.05 bits per heavy atom. The maximum atomic E-state index is 12.0. The predicted molar refractivity (Wildman–Crippen MR) is 80.1 cm³/mol. The topological polar surface area (TPSA) is 97.2 Å². The van der Waals surface area contributed by atoms with Gasteiger partial charge in [0.15, 0.2) is 15.5 Å². The van der Waals surface area contributed by atoms with Crippen LogP contribution in [-0.2, 0) is 16.9 Å². The fourth-order valence-corrected chi connectivity index (χ4v) is 4.94. The lowest BCUT2D eigenvalue weighted by Gasteiger charge is -2.35. The van der Waals surface area contributed by atoms with Gasteiger partial charge in [0.25, 0.3) is 5.91 Å². The third-order valence-electron chi connectivity index (χ3n) is 4.42. The molecule has 0 unspecified atom stereocenters. The van der Waals surface area contributed by atoms with E-state index in [9.17, 15) is 13.2 Å². The van der Waals surface area contributed by atoms with Crippen LogP contribution < -0.4 is 5.32 Å². The van der Waals surface area contributed by atoms with Gasteiger partial charge in [-0.1, -0.05) is 5.21 Å². The number of rotatable bonds is 3. The lowest BCUT2D eigenvalue weighted by Crippen LogP contribution is -2.48. The molecule has 1 N–H and O–H groups in total. The number of nitrogens with one attached hydrogen (secondary N) is 1. The Balaban J connectivity index is 1.49. The van der Waals surface area contributed by atoms with Crippen molar-refractivity contribution in [2.75, 3.05) is 24.6 Å². The van der Waals surface area contributed by atoms with Gasteiger partial charge in [-0.2, -0.15) is 0 Å².